The molecular formula is C68H38BN5OS. The minimum Gasteiger partial charge on any atom is -0.458 e. The van der Waals surface area contributed by atoms with Crippen LogP contribution in [-0.2, 0) is 0 Å². The maximum atomic E-state index is 10.7. The molecule has 0 spiro atoms. The number of aromatic nitrogens is 3. The molecular weight excluding hydrogens is 946 g/mol. The summed E-state index contributed by atoms with van der Waals surface area (Å²) in [7, 11) is 0. The highest BCUT2D eigenvalue weighted by molar-refractivity contribution is 8.00. The molecule has 0 amide bonds. The molecule has 0 saturated heterocycles. The number of benzene rings is 11. The van der Waals surface area contributed by atoms with Gasteiger partial charge in [0, 0.05) is 65.0 Å². The van der Waals surface area contributed by atoms with Crippen LogP contribution in [-0.4, -0.2) is 20.4 Å². The third-order valence-electron chi connectivity index (χ3n) is 15.8. The first kappa shape index (κ1) is 42.5. The van der Waals surface area contributed by atoms with Gasteiger partial charge in [0.1, 0.15) is 11.5 Å². The van der Waals surface area contributed by atoms with Gasteiger partial charge in [0.25, 0.3) is 6.71 Å². The van der Waals surface area contributed by atoms with Crippen molar-refractivity contribution in [2.24, 2.45) is 0 Å². The van der Waals surface area contributed by atoms with Gasteiger partial charge in [-0.15, -0.1) is 0 Å². The topological polar surface area (TPSA) is 71.6 Å². The van der Waals surface area contributed by atoms with Gasteiger partial charge in [-0.2, -0.15) is 10.5 Å². The van der Waals surface area contributed by atoms with Crippen LogP contribution in [0.4, 0.5) is 0 Å². The van der Waals surface area contributed by atoms with Gasteiger partial charge in [-0.1, -0.05) is 151 Å². The standard InChI is InChI=1S/C68H38BN5OS/c70-39-41-25-32-63(74-61-23-11-5-17-51(61)52-18-6-12-24-62(52)74)54(33-41)43-28-31-56-66(35-43)76-67-38-46(73-59-21-9-3-15-49(59)50-16-4-10-22-60(50)73)37-65-68(67)69(56)55-30-27-42(34-64(55)75-65)53-36-45(29-26-44(53)40-71)72-57-19-7-1-13-47(57)48-14-2-8-20-58(48)72/h1-38H. The zero-order chi connectivity index (χ0) is 50.2. The molecule has 0 fully saturated rings. The lowest BCUT2D eigenvalue weighted by Gasteiger charge is -2.34. The Bertz CT molecular complexity index is 4790. The van der Waals surface area contributed by atoms with Crippen molar-refractivity contribution >= 4 is 100 Å². The molecule has 16 rings (SSSR count). The number of nitriles is 2. The highest BCUT2D eigenvalue weighted by atomic mass is 32.2. The van der Waals surface area contributed by atoms with E-state index < -0.39 is 0 Å². The summed E-state index contributed by atoms with van der Waals surface area (Å²) in [4.78, 5) is 2.26. The van der Waals surface area contributed by atoms with Crippen LogP contribution < -0.4 is 21.1 Å². The summed E-state index contributed by atoms with van der Waals surface area (Å²) in [5.74, 6) is 1.56. The van der Waals surface area contributed by atoms with Crippen molar-refractivity contribution in [2.45, 2.75) is 9.79 Å². The molecule has 3 aromatic heterocycles. The van der Waals surface area contributed by atoms with Crippen molar-refractivity contribution in [1.29, 1.82) is 10.5 Å². The number of fused-ring (bicyclic) bond motifs is 13. The predicted octanol–water partition coefficient (Wildman–Crippen LogP) is 15.1. The van der Waals surface area contributed by atoms with Crippen molar-refractivity contribution in [2.75, 3.05) is 0 Å². The molecule has 0 bridgehead atoms. The van der Waals surface area contributed by atoms with Crippen LogP contribution in [0.1, 0.15) is 11.1 Å². The summed E-state index contributed by atoms with van der Waals surface area (Å²) >= 11 is 1.78. The molecule has 350 valence electrons. The maximum absolute atomic E-state index is 10.7. The van der Waals surface area contributed by atoms with E-state index in [1.807, 2.05) is 18.2 Å². The van der Waals surface area contributed by atoms with Crippen molar-refractivity contribution < 1.29 is 4.74 Å². The van der Waals surface area contributed by atoms with E-state index in [0.717, 1.165) is 105 Å². The largest absolute Gasteiger partial charge is 0.458 e. The third-order valence-corrected chi connectivity index (χ3v) is 17.0. The van der Waals surface area contributed by atoms with Gasteiger partial charge in [-0.3, -0.25) is 0 Å². The van der Waals surface area contributed by atoms with Crippen molar-refractivity contribution in [3.63, 3.8) is 0 Å². The zero-order valence-electron chi connectivity index (χ0n) is 40.6. The lowest BCUT2D eigenvalue weighted by molar-refractivity contribution is 0.486. The molecule has 5 heterocycles. The van der Waals surface area contributed by atoms with Gasteiger partial charge < -0.3 is 18.4 Å². The summed E-state index contributed by atoms with van der Waals surface area (Å²) in [6.45, 7) is -0.151. The van der Waals surface area contributed by atoms with Gasteiger partial charge in [-0.05, 0) is 113 Å². The number of nitrogens with zero attached hydrogens (tertiary/aromatic N) is 5. The predicted molar refractivity (Wildman–Crippen MR) is 311 cm³/mol. The summed E-state index contributed by atoms with van der Waals surface area (Å²) in [6, 6.07) is 86.5. The summed E-state index contributed by atoms with van der Waals surface area (Å²) < 4.78 is 14.3. The van der Waals surface area contributed by atoms with Crippen LogP contribution in [0.5, 0.6) is 11.5 Å². The van der Waals surface area contributed by atoms with Crippen LogP contribution in [0.15, 0.2) is 240 Å². The second kappa shape index (κ2) is 16.3. The molecule has 8 heteroatoms. The van der Waals surface area contributed by atoms with E-state index in [-0.39, 0.29) is 6.71 Å². The second-order valence-corrected chi connectivity index (χ2v) is 20.9. The fourth-order valence-electron chi connectivity index (χ4n) is 12.6. The summed E-state index contributed by atoms with van der Waals surface area (Å²) in [6.07, 6.45) is 0. The highest BCUT2D eigenvalue weighted by Gasteiger charge is 2.40. The van der Waals surface area contributed by atoms with E-state index in [2.05, 4.69) is 238 Å². The van der Waals surface area contributed by atoms with E-state index in [1.54, 1.807) is 11.8 Å². The molecule has 0 unspecified atom stereocenters. The van der Waals surface area contributed by atoms with E-state index >= 15 is 0 Å². The average molecular weight is 984 g/mol. The van der Waals surface area contributed by atoms with Crippen LogP contribution in [0, 0.1) is 22.7 Å². The van der Waals surface area contributed by atoms with Crippen LogP contribution >= 0.6 is 11.8 Å². The molecule has 14 aromatic rings. The smallest absolute Gasteiger partial charge is 0.253 e. The molecule has 0 atom stereocenters. The van der Waals surface area contributed by atoms with Gasteiger partial charge in [0.15, 0.2) is 0 Å². The average Bonchev–Trinajstić information content (AvgIpc) is 4.21. The molecule has 11 aromatic carbocycles. The molecule has 6 nitrogen and oxygen atoms in total. The number of para-hydroxylation sites is 6. The zero-order valence-corrected chi connectivity index (χ0v) is 41.4. The Kier molecular flexibility index (Phi) is 9.09. The molecule has 0 aliphatic carbocycles. The minimum absolute atomic E-state index is 0.151. The van der Waals surface area contributed by atoms with Gasteiger partial charge in [0.2, 0.25) is 0 Å². The maximum Gasteiger partial charge on any atom is 0.253 e. The lowest BCUT2D eigenvalue weighted by atomic mass is 9.35. The van der Waals surface area contributed by atoms with Crippen LogP contribution in [0.3, 0.4) is 0 Å². The van der Waals surface area contributed by atoms with Gasteiger partial charge in [0.05, 0.1) is 67.7 Å². The first-order valence-corrected chi connectivity index (χ1v) is 26.3. The van der Waals surface area contributed by atoms with Crippen molar-refractivity contribution in [3.8, 4) is 63.0 Å². The van der Waals surface area contributed by atoms with Crippen molar-refractivity contribution in [1.82, 2.24) is 13.7 Å². The molecule has 76 heavy (non-hydrogen) atoms. The van der Waals surface area contributed by atoms with Gasteiger partial charge in [-0.25, -0.2) is 0 Å². The first-order valence-electron chi connectivity index (χ1n) is 25.5. The van der Waals surface area contributed by atoms with E-state index in [1.165, 1.54) is 37.8 Å². The Hall–Kier alpha value is -9.99. The Morgan fingerprint density at radius 2 is 0.895 bits per heavy atom. The lowest BCUT2D eigenvalue weighted by Crippen LogP contribution is -2.57. The Labute approximate surface area is 441 Å². The van der Waals surface area contributed by atoms with Crippen molar-refractivity contribution in [3.05, 3.63) is 242 Å². The number of hydrogen-bond acceptors (Lipinski definition) is 4. The number of rotatable bonds is 5. The highest BCUT2D eigenvalue weighted by Crippen LogP contribution is 2.44. The fourth-order valence-corrected chi connectivity index (χ4v) is 13.8. The van der Waals surface area contributed by atoms with E-state index in [4.69, 9.17) is 4.74 Å². The third kappa shape index (κ3) is 6.11. The molecule has 0 N–H and O–H groups in total. The molecule has 0 saturated carbocycles. The Balaban J connectivity index is 0.899. The monoisotopic (exact) mass is 983 g/mol. The second-order valence-electron chi connectivity index (χ2n) is 19.8. The molecule has 2 aliphatic heterocycles. The quantitative estimate of drug-likeness (QED) is 0.161. The first-order chi connectivity index (χ1) is 37.6. The van der Waals surface area contributed by atoms with E-state index in [9.17, 15) is 10.5 Å². The molecule has 2 aliphatic rings. The van der Waals surface area contributed by atoms with Gasteiger partial charge >= 0.3 is 0 Å². The molecule has 0 radical (unpaired) electrons. The Morgan fingerprint density at radius 1 is 0.382 bits per heavy atom. The summed E-state index contributed by atoms with van der Waals surface area (Å²) in [5, 5.41) is 28.2. The fraction of sp³-hybridized carbons (Fsp3) is 0. The minimum atomic E-state index is -0.151. The van der Waals surface area contributed by atoms with E-state index in [0.29, 0.717) is 11.1 Å². The summed E-state index contributed by atoms with van der Waals surface area (Å²) in [5.41, 5.74) is 18.0. The Morgan fingerprint density at radius 3 is 1.45 bits per heavy atom. The van der Waals surface area contributed by atoms with Crippen LogP contribution in [0.25, 0.3) is 105 Å². The SMILES string of the molecule is N#Cc1ccc(-n2c3ccccc3c3ccccc32)c(-c2ccc3c(c2)Sc2cc(-n4c5ccccc5c5ccccc54)cc4c2B3c2ccc(-c3cc(-n5c6ccccc6c6ccccc65)ccc3C#N)cc2O4)c1. The normalized spacial score (nSPS) is 12.5. The number of hydrogen-bond donors (Lipinski definition) is 0. The number of ether oxygens (including phenoxy) is 1. The van der Waals surface area contributed by atoms with Crippen LogP contribution in [0.2, 0.25) is 0 Å².